The Hall–Kier alpha value is -2.47. The van der Waals surface area contributed by atoms with Crippen molar-refractivity contribution in [2.45, 2.75) is 0 Å². The van der Waals surface area contributed by atoms with Crippen LogP contribution in [-0.2, 0) is 0 Å². The highest BCUT2D eigenvalue weighted by atomic mass is 35.5. The average molecular weight is 278 g/mol. The Balaban J connectivity index is 2.23. The summed E-state index contributed by atoms with van der Waals surface area (Å²) in [7, 11) is 0. The molecule has 2 rings (SSSR count). The lowest BCUT2D eigenvalue weighted by molar-refractivity contribution is 0.0696. The van der Waals surface area contributed by atoms with E-state index in [0.717, 1.165) is 0 Å². The van der Waals surface area contributed by atoms with Gasteiger partial charge in [-0.3, -0.25) is 4.79 Å². The summed E-state index contributed by atoms with van der Waals surface area (Å²) >= 11 is 5.73. The maximum atomic E-state index is 11.8. The molecule has 1 heterocycles. The summed E-state index contributed by atoms with van der Waals surface area (Å²) in [6.45, 7) is 0. The molecule has 0 saturated heterocycles. The predicted octanol–water partition coefficient (Wildman–Crippen LogP) is 2.08. The van der Waals surface area contributed by atoms with Crippen LogP contribution in [0, 0.1) is 0 Å². The fourth-order valence-corrected chi connectivity index (χ4v) is 1.58. The molecule has 0 saturated carbocycles. The molecule has 0 aliphatic heterocycles. The molecule has 0 aliphatic rings. The number of carboxylic acid groups (broad SMARTS) is 1. The van der Waals surface area contributed by atoms with E-state index in [9.17, 15) is 9.59 Å². The number of aromatic carboxylic acids is 1. The van der Waals surface area contributed by atoms with Gasteiger partial charge in [-0.05, 0) is 18.2 Å². The minimum absolute atomic E-state index is 0.0798. The van der Waals surface area contributed by atoms with Crippen molar-refractivity contribution >= 4 is 29.2 Å². The Morgan fingerprint density at radius 1 is 1.21 bits per heavy atom. The second-order valence-electron chi connectivity index (χ2n) is 3.58. The third-order valence-electron chi connectivity index (χ3n) is 2.28. The number of hydrogen-bond donors (Lipinski definition) is 2. The number of nitrogens with one attached hydrogen (secondary N) is 1. The van der Waals surface area contributed by atoms with Crippen molar-refractivity contribution in [3.63, 3.8) is 0 Å². The average Bonchev–Trinajstić information content (AvgIpc) is 2.41. The maximum Gasteiger partial charge on any atom is 0.337 e. The molecule has 0 atom stereocenters. The van der Waals surface area contributed by atoms with Gasteiger partial charge in [0.25, 0.3) is 5.91 Å². The van der Waals surface area contributed by atoms with Crippen molar-refractivity contribution < 1.29 is 14.7 Å². The van der Waals surface area contributed by atoms with E-state index in [1.54, 1.807) is 0 Å². The third-order valence-corrected chi connectivity index (χ3v) is 2.61. The fourth-order valence-electron chi connectivity index (χ4n) is 1.39. The molecule has 1 aromatic heterocycles. The standard InChI is InChI=1S/C12H8ClN3O3/c13-10-2-1-8(3-9(10)12(18)19)16-11(17)7-4-14-6-15-5-7/h1-6H,(H,16,17)(H,18,19). The van der Waals surface area contributed by atoms with E-state index < -0.39 is 11.9 Å². The van der Waals surface area contributed by atoms with Gasteiger partial charge in [0.15, 0.2) is 0 Å². The number of nitrogens with zero attached hydrogens (tertiary/aromatic N) is 2. The SMILES string of the molecule is O=C(Nc1ccc(Cl)c(C(=O)O)c1)c1cncnc1. The minimum Gasteiger partial charge on any atom is -0.478 e. The number of carbonyl (C=O) groups is 2. The molecule has 1 aromatic carbocycles. The van der Waals surface area contributed by atoms with Gasteiger partial charge >= 0.3 is 5.97 Å². The van der Waals surface area contributed by atoms with Crippen LogP contribution in [0.4, 0.5) is 5.69 Å². The summed E-state index contributed by atoms with van der Waals surface area (Å²) < 4.78 is 0. The molecular formula is C12H8ClN3O3. The molecule has 0 bridgehead atoms. The lowest BCUT2D eigenvalue weighted by Gasteiger charge is -2.06. The van der Waals surface area contributed by atoms with Gasteiger partial charge in [-0.15, -0.1) is 0 Å². The first-order valence-corrected chi connectivity index (χ1v) is 5.55. The Morgan fingerprint density at radius 2 is 1.89 bits per heavy atom. The fraction of sp³-hybridized carbons (Fsp3) is 0. The highest BCUT2D eigenvalue weighted by molar-refractivity contribution is 6.33. The van der Waals surface area contributed by atoms with E-state index in [4.69, 9.17) is 16.7 Å². The molecule has 2 N–H and O–H groups in total. The Kier molecular flexibility index (Phi) is 3.72. The van der Waals surface area contributed by atoms with Crippen LogP contribution in [0.2, 0.25) is 5.02 Å². The molecule has 0 unspecified atom stereocenters. The van der Waals surface area contributed by atoms with Crippen LogP contribution < -0.4 is 5.32 Å². The van der Waals surface area contributed by atoms with E-state index in [-0.39, 0.29) is 16.1 Å². The zero-order valence-electron chi connectivity index (χ0n) is 9.50. The molecule has 1 amide bonds. The summed E-state index contributed by atoms with van der Waals surface area (Å²) in [6, 6.07) is 4.20. The number of halogens is 1. The van der Waals surface area contributed by atoms with Crippen LogP contribution >= 0.6 is 11.6 Å². The van der Waals surface area contributed by atoms with Gasteiger partial charge in [0.1, 0.15) is 6.33 Å². The molecule has 0 fully saturated rings. The molecule has 0 spiro atoms. The van der Waals surface area contributed by atoms with Gasteiger partial charge in [-0.1, -0.05) is 11.6 Å². The molecular weight excluding hydrogens is 270 g/mol. The number of aromatic nitrogens is 2. The molecule has 7 heteroatoms. The second kappa shape index (κ2) is 5.45. The smallest absolute Gasteiger partial charge is 0.337 e. The molecule has 6 nitrogen and oxygen atoms in total. The van der Waals surface area contributed by atoms with Gasteiger partial charge in [0.2, 0.25) is 0 Å². The topological polar surface area (TPSA) is 92.2 Å². The van der Waals surface area contributed by atoms with Crippen LogP contribution in [0.3, 0.4) is 0 Å². The van der Waals surface area contributed by atoms with Crippen LogP contribution in [0.15, 0.2) is 36.9 Å². The summed E-state index contributed by atoms with van der Waals surface area (Å²) in [5.74, 6) is -1.59. The van der Waals surface area contributed by atoms with Gasteiger partial charge in [0, 0.05) is 18.1 Å². The predicted molar refractivity (Wildman–Crippen MR) is 68.4 cm³/mol. The van der Waals surface area contributed by atoms with E-state index in [0.29, 0.717) is 5.69 Å². The van der Waals surface area contributed by atoms with Gasteiger partial charge < -0.3 is 10.4 Å². The van der Waals surface area contributed by atoms with Crippen LogP contribution in [0.5, 0.6) is 0 Å². The van der Waals surface area contributed by atoms with Crippen LogP contribution in [0.25, 0.3) is 0 Å². The quantitative estimate of drug-likeness (QED) is 0.896. The molecule has 0 aliphatic carbocycles. The number of carbonyl (C=O) groups excluding carboxylic acids is 1. The Morgan fingerprint density at radius 3 is 2.53 bits per heavy atom. The van der Waals surface area contributed by atoms with Crippen molar-refractivity contribution in [1.82, 2.24) is 9.97 Å². The lowest BCUT2D eigenvalue weighted by atomic mass is 10.2. The van der Waals surface area contributed by atoms with Crippen molar-refractivity contribution in [1.29, 1.82) is 0 Å². The van der Waals surface area contributed by atoms with Gasteiger partial charge in [0.05, 0.1) is 16.1 Å². The number of amides is 1. The Labute approximate surface area is 113 Å². The molecule has 96 valence electrons. The zero-order chi connectivity index (χ0) is 13.8. The van der Waals surface area contributed by atoms with Crippen molar-refractivity contribution in [2.75, 3.05) is 5.32 Å². The van der Waals surface area contributed by atoms with Crippen LogP contribution in [-0.4, -0.2) is 27.0 Å². The van der Waals surface area contributed by atoms with Gasteiger partial charge in [-0.2, -0.15) is 0 Å². The summed E-state index contributed by atoms with van der Waals surface area (Å²) in [4.78, 5) is 30.2. The van der Waals surface area contributed by atoms with Crippen LogP contribution in [0.1, 0.15) is 20.7 Å². The first-order chi connectivity index (χ1) is 9.08. The van der Waals surface area contributed by atoms with E-state index in [2.05, 4.69) is 15.3 Å². The van der Waals surface area contributed by atoms with Crippen molar-refractivity contribution in [3.05, 3.63) is 53.1 Å². The van der Waals surface area contributed by atoms with Crippen molar-refractivity contribution in [2.24, 2.45) is 0 Å². The molecule has 0 radical (unpaired) electrons. The molecule has 19 heavy (non-hydrogen) atoms. The number of carboxylic acids is 1. The van der Waals surface area contributed by atoms with Crippen molar-refractivity contribution in [3.8, 4) is 0 Å². The monoisotopic (exact) mass is 277 g/mol. The summed E-state index contributed by atoms with van der Waals surface area (Å²) in [5.41, 5.74) is 0.522. The number of hydrogen-bond acceptors (Lipinski definition) is 4. The van der Waals surface area contributed by atoms with Gasteiger partial charge in [-0.25, -0.2) is 14.8 Å². The van der Waals surface area contributed by atoms with E-state index in [1.165, 1.54) is 36.9 Å². The normalized spacial score (nSPS) is 9.95. The summed E-state index contributed by atoms with van der Waals surface area (Å²) in [5, 5.41) is 11.6. The first-order valence-electron chi connectivity index (χ1n) is 5.17. The number of benzene rings is 1. The second-order valence-corrected chi connectivity index (χ2v) is 3.99. The minimum atomic E-state index is -1.16. The largest absolute Gasteiger partial charge is 0.478 e. The highest BCUT2D eigenvalue weighted by Gasteiger charge is 2.11. The zero-order valence-corrected chi connectivity index (χ0v) is 10.3. The van der Waals surface area contributed by atoms with E-state index in [1.807, 2.05) is 0 Å². The summed E-state index contributed by atoms with van der Waals surface area (Å²) in [6.07, 6.45) is 4.02. The third kappa shape index (κ3) is 3.05. The highest BCUT2D eigenvalue weighted by Crippen LogP contribution is 2.20. The number of anilines is 1. The Bertz CT molecular complexity index is 631. The molecule has 2 aromatic rings. The maximum absolute atomic E-state index is 11.8. The van der Waals surface area contributed by atoms with E-state index >= 15 is 0 Å². The first kappa shape index (κ1) is 13.0. The number of rotatable bonds is 3. The lowest BCUT2D eigenvalue weighted by Crippen LogP contribution is -2.13.